The number of anilines is 1. The summed E-state index contributed by atoms with van der Waals surface area (Å²) in [7, 11) is 0. The van der Waals surface area contributed by atoms with E-state index in [1.165, 1.54) is 0 Å². The molecular formula is C21H16BrNO2S. The molecule has 1 fully saturated rings. The van der Waals surface area contributed by atoms with Crippen molar-refractivity contribution >= 4 is 39.3 Å². The van der Waals surface area contributed by atoms with Gasteiger partial charge < -0.3 is 4.74 Å². The quantitative estimate of drug-likeness (QED) is 0.511. The van der Waals surface area contributed by atoms with Gasteiger partial charge in [-0.05, 0) is 54.1 Å². The number of amides is 1. The molecule has 0 saturated carbocycles. The van der Waals surface area contributed by atoms with Gasteiger partial charge in [0, 0.05) is 10.2 Å². The van der Waals surface area contributed by atoms with Crippen molar-refractivity contribution in [1.29, 1.82) is 0 Å². The van der Waals surface area contributed by atoms with Crippen molar-refractivity contribution in [2.24, 2.45) is 0 Å². The van der Waals surface area contributed by atoms with Gasteiger partial charge in [0.2, 0.25) is 5.91 Å². The summed E-state index contributed by atoms with van der Waals surface area (Å²) < 4.78 is 6.85. The Morgan fingerprint density at radius 1 is 0.923 bits per heavy atom. The molecule has 26 heavy (non-hydrogen) atoms. The Hall–Kier alpha value is -2.24. The molecule has 0 unspecified atom stereocenters. The molecule has 1 aliphatic heterocycles. The molecule has 1 saturated heterocycles. The van der Waals surface area contributed by atoms with Gasteiger partial charge in [-0.3, -0.25) is 9.69 Å². The van der Waals surface area contributed by atoms with Crippen molar-refractivity contribution < 1.29 is 9.53 Å². The molecule has 1 atom stereocenters. The molecule has 130 valence electrons. The number of carbonyl (C=O) groups excluding carboxylic acids is 1. The highest BCUT2D eigenvalue weighted by molar-refractivity contribution is 9.10. The fourth-order valence-corrected chi connectivity index (χ4v) is 4.49. The number of nitrogens with zero attached hydrogens (tertiary/aromatic N) is 1. The number of carbonyl (C=O) groups is 1. The van der Waals surface area contributed by atoms with Crippen LogP contribution in [0.15, 0.2) is 83.3 Å². The number of halogens is 1. The number of rotatable bonds is 4. The van der Waals surface area contributed by atoms with Crippen LogP contribution in [0.2, 0.25) is 0 Å². The number of ether oxygens (including phenoxy) is 1. The summed E-state index contributed by atoms with van der Waals surface area (Å²) in [6.07, 6.45) is 0. The smallest absolute Gasteiger partial charge is 0.238 e. The van der Waals surface area contributed by atoms with Crippen LogP contribution < -0.4 is 9.64 Å². The van der Waals surface area contributed by atoms with E-state index in [9.17, 15) is 4.79 Å². The minimum Gasteiger partial charge on any atom is -0.457 e. The Labute approximate surface area is 165 Å². The minimum absolute atomic E-state index is 0.0131. The largest absolute Gasteiger partial charge is 0.457 e. The van der Waals surface area contributed by atoms with Crippen LogP contribution in [-0.4, -0.2) is 11.7 Å². The topological polar surface area (TPSA) is 29.5 Å². The number of hydrogen-bond donors (Lipinski definition) is 0. The maximum atomic E-state index is 12.5. The predicted octanol–water partition coefficient (Wildman–Crippen LogP) is 6.02. The second kappa shape index (κ2) is 7.56. The van der Waals surface area contributed by atoms with Gasteiger partial charge in [-0.2, -0.15) is 0 Å². The SMILES string of the molecule is O=C1CS[C@H](c2cccc(Br)c2)N1c1ccc(Oc2ccccc2)cc1. The van der Waals surface area contributed by atoms with Crippen LogP contribution in [0.25, 0.3) is 0 Å². The van der Waals surface area contributed by atoms with E-state index >= 15 is 0 Å². The molecule has 5 heteroatoms. The third-order valence-electron chi connectivity index (χ3n) is 4.10. The van der Waals surface area contributed by atoms with Crippen LogP contribution in [0.5, 0.6) is 11.5 Å². The Balaban J connectivity index is 1.58. The molecule has 0 aliphatic carbocycles. The van der Waals surface area contributed by atoms with Crippen LogP contribution in [-0.2, 0) is 4.79 Å². The maximum Gasteiger partial charge on any atom is 0.238 e. The van der Waals surface area contributed by atoms with Crippen LogP contribution in [0.3, 0.4) is 0 Å². The monoisotopic (exact) mass is 425 g/mol. The summed E-state index contributed by atoms with van der Waals surface area (Å²) in [4.78, 5) is 14.3. The number of benzene rings is 3. The molecule has 3 nitrogen and oxygen atoms in total. The Morgan fingerprint density at radius 3 is 2.38 bits per heavy atom. The molecule has 0 radical (unpaired) electrons. The normalized spacial score (nSPS) is 16.7. The van der Waals surface area contributed by atoms with E-state index in [1.54, 1.807) is 11.8 Å². The van der Waals surface area contributed by atoms with Gasteiger partial charge in [0.15, 0.2) is 0 Å². The van der Waals surface area contributed by atoms with Gasteiger partial charge in [0.25, 0.3) is 0 Å². The van der Waals surface area contributed by atoms with E-state index in [-0.39, 0.29) is 11.3 Å². The maximum absolute atomic E-state index is 12.5. The summed E-state index contributed by atoms with van der Waals surface area (Å²) in [5.41, 5.74) is 1.99. The van der Waals surface area contributed by atoms with Crippen LogP contribution in [0, 0.1) is 0 Å². The molecule has 3 aromatic carbocycles. The fourth-order valence-electron chi connectivity index (χ4n) is 2.91. The molecule has 0 spiro atoms. The van der Waals surface area contributed by atoms with Crippen molar-refractivity contribution in [2.45, 2.75) is 5.37 Å². The van der Waals surface area contributed by atoms with E-state index in [4.69, 9.17) is 4.74 Å². The van der Waals surface area contributed by atoms with E-state index in [2.05, 4.69) is 28.1 Å². The highest BCUT2D eigenvalue weighted by atomic mass is 79.9. The highest BCUT2D eigenvalue weighted by Gasteiger charge is 2.34. The average Bonchev–Trinajstić information content (AvgIpc) is 3.05. The molecule has 0 bridgehead atoms. The van der Waals surface area contributed by atoms with Crippen molar-refractivity contribution in [1.82, 2.24) is 0 Å². The van der Waals surface area contributed by atoms with Crippen molar-refractivity contribution in [2.75, 3.05) is 10.7 Å². The van der Waals surface area contributed by atoms with Gasteiger partial charge in [-0.25, -0.2) is 0 Å². The second-order valence-electron chi connectivity index (χ2n) is 5.89. The zero-order chi connectivity index (χ0) is 17.9. The summed E-state index contributed by atoms with van der Waals surface area (Å²) in [6.45, 7) is 0. The Morgan fingerprint density at radius 2 is 1.65 bits per heavy atom. The predicted molar refractivity (Wildman–Crippen MR) is 110 cm³/mol. The molecular weight excluding hydrogens is 410 g/mol. The molecule has 0 N–H and O–H groups in total. The zero-order valence-corrected chi connectivity index (χ0v) is 16.2. The van der Waals surface area contributed by atoms with E-state index < -0.39 is 0 Å². The summed E-state index contributed by atoms with van der Waals surface area (Å²) in [6, 6.07) is 25.4. The van der Waals surface area contributed by atoms with Gasteiger partial charge in [-0.15, -0.1) is 11.8 Å². The lowest BCUT2D eigenvalue weighted by Gasteiger charge is -2.24. The Kier molecular flexibility index (Phi) is 5.00. The number of hydrogen-bond acceptors (Lipinski definition) is 3. The molecule has 1 amide bonds. The standard InChI is InChI=1S/C21H16BrNO2S/c22-16-6-4-5-15(13-16)21-23(20(24)14-26-21)17-9-11-19(12-10-17)25-18-7-2-1-3-8-18/h1-13,21H,14H2/t21-/m1/s1. The van der Waals surface area contributed by atoms with Crippen LogP contribution >= 0.6 is 27.7 Å². The third kappa shape index (κ3) is 3.64. The fraction of sp³-hybridized carbons (Fsp3) is 0.0952. The first-order valence-corrected chi connectivity index (χ1v) is 10.1. The molecule has 0 aromatic heterocycles. The first-order chi connectivity index (χ1) is 12.7. The third-order valence-corrected chi connectivity index (χ3v) is 5.80. The lowest BCUT2D eigenvalue weighted by Crippen LogP contribution is -2.27. The first-order valence-electron chi connectivity index (χ1n) is 8.23. The van der Waals surface area contributed by atoms with Gasteiger partial charge >= 0.3 is 0 Å². The van der Waals surface area contributed by atoms with Crippen LogP contribution in [0.1, 0.15) is 10.9 Å². The molecule has 1 aliphatic rings. The van der Waals surface area contributed by atoms with Crippen molar-refractivity contribution in [3.63, 3.8) is 0 Å². The van der Waals surface area contributed by atoms with Crippen molar-refractivity contribution in [3.05, 3.63) is 88.9 Å². The summed E-state index contributed by atoms with van der Waals surface area (Å²) in [5, 5.41) is -0.0131. The summed E-state index contributed by atoms with van der Waals surface area (Å²) >= 11 is 5.16. The van der Waals surface area contributed by atoms with Gasteiger partial charge in [-0.1, -0.05) is 46.3 Å². The lowest BCUT2D eigenvalue weighted by molar-refractivity contribution is -0.115. The number of thioether (sulfide) groups is 1. The summed E-state index contributed by atoms with van der Waals surface area (Å²) in [5.74, 6) is 2.15. The average molecular weight is 426 g/mol. The minimum atomic E-state index is -0.0131. The first kappa shape index (κ1) is 17.2. The van der Waals surface area contributed by atoms with E-state index in [0.717, 1.165) is 27.2 Å². The number of para-hydroxylation sites is 1. The van der Waals surface area contributed by atoms with E-state index in [0.29, 0.717) is 5.75 Å². The van der Waals surface area contributed by atoms with Gasteiger partial charge in [0.05, 0.1) is 5.75 Å². The molecule has 1 heterocycles. The molecule has 3 aromatic rings. The van der Waals surface area contributed by atoms with Gasteiger partial charge in [0.1, 0.15) is 16.9 Å². The lowest BCUT2D eigenvalue weighted by atomic mass is 10.2. The second-order valence-corrected chi connectivity index (χ2v) is 7.88. The Bertz CT molecular complexity index is 915. The van der Waals surface area contributed by atoms with E-state index in [1.807, 2.05) is 71.6 Å². The van der Waals surface area contributed by atoms with Crippen molar-refractivity contribution in [3.8, 4) is 11.5 Å². The molecule has 4 rings (SSSR count). The van der Waals surface area contributed by atoms with Crippen LogP contribution in [0.4, 0.5) is 5.69 Å². The highest BCUT2D eigenvalue weighted by Crippen LogP contribution is 2.42. The zero-order valence-electron chi connectivity index (χ0n) is 13.8.